The Morgan fingerprint density at radius 1 is 1.33 bits per heavy atom. The molecular weight excluding hydrogens is 288 g/mol. The Morgan fingerprint density at radius 2 is 2.10 bits per heavy atom. The molecule has 0 atom stereocenters. The minimum absolute atomic E-state index is 0.135. The first-order chi connectivity index (χ1) is 10.2. The highest BCUT2D eigenvalue weighted by molar-refractivity contribution is 7.15. The van der Waals surface area contributed by atoms with Gasteiger partial charge in [-0.2, -0.15) is 0 Å². The van der Waals surface area contributed by atoms with Crippen molar-refractivity contribution in [3.05, 3.63) is 29.3 Å². The summed E-state index contributed by atoms with van der Waals surface area (Å²) in [4.78, 5) is 11.8. The number of nitrogens with one attached hydrogen (secondary N) is 2. The molecule has 1 aliphatic carbocycles. The summed E-state index contributed by atoms with van der Waals surface area (Å²) in [5.74, 6) is 1.21. The van der Waals surface area contributed by atoms with E-state index in [9.17, 15) is 4.79 Å². The normalized spacial score (nSPS) is 13.8. The molecule has 1 aromatic carbocycles. The molecule has 0 saturated heterocycles. The van der Waals surface area contributed by atoms with Gasteiger partial charge in [-0.3, -0.25) is 10.1 Å². The minimum atomic E-state index is -0.135. The van der Waals surface area contributed by atoms with Crippen molar-refractivity contribution in [2.45, 2.75) is 18.8 Å². The zero-order valence-electron chi connectivity index (χ0n) is 11.6. The highest BCUT2D eigenvalue weighted by Gasteiger charge is 2.27. The number of anilines is 2. The number of nitrogens with zero attached hydrogens (tertiary/aromatic N) is 2. The van der Waals surface area contributed by atoms with Gasteiger partial charge in [0.25, 0.3) is 0 Å². The summed E-state index contributed by atoms with van der Waals surface area (Å²) in [5, 5.41) is 15.5. The van der Waals surface area contributed by atoms with Gasteiger partial charge in [0.1, 0.15) is 10.8 Å². The second-order valence-corrected chi connectivity index (χ2v) is 5.86. The number of methoxy groups -OCH3 is 1. The summed E-state index contributed by atoms with van der Waals surface area (Å²) < 4.78 is 5.08. The van der Waals surface area contributed by atoms with Crippen molar-refractivity contribution >= 4 is 28.1 Å². The van der Waals surface area contributed by atoms with Crippen LogP contribution >= 0.6 is 11.3 Å². The van der Waals surface area contributed by atoms with Gasteiger partial charge >= 0.3 is 0 Å². The second-order valence-electron chi connectivity index (χ2n) is 4.85. The number of carbonyl (C=O) groups excluding carboxylic acids is 1. The molecule has 3 rings (SSSR count). The number of hydrogen-bond acceptors (Lipinski definition) is 6. The number of aromatic nitrogens is 2. The first-order valence-corrected chi connectivity index (χ1v) is 7.57. The first-order valence-electron chi connectivity index (χ1n) is 6.76. The Kier molecular flexibility index (Phi) is 4.01. The Labute approximate surface area is 126 Å². The van der Waals surface area contributed by atoms with Crippen LogP contribution in [0.2, 0.25) is 0 Å². The smallest absolute Gasteiger partial charge is 0.245 e. The van der Waals surface area contributed by atoms with E-state index in [0.717, 1.165) is 16.4 Å². The monoisotopic (exact) mass is 304 g/mol. The molecular formula is C14H16N4O2S. The maximum atomic E-state index is 11.8. The van der Waals surface area contributed by atoms with Gasteiger partial charge < -0.3 is 10.1 Å². The predicted octanol–water partition coefficient (Wildman–Crippen LogP) is 2.47. The summed E-state index contributed by atoms with van der Waals surface area (Å²) in [6.07, 6.45) is 2.36. The van der Waals surface area contributed by atoms with Crippen LogP contribution in [0.5, 0.6) is 5.75 Å². The van der Waals surface area contributed by atoms with Crippen molar-refractivity contribution in [3.8, 4) is 5.75 Å². The number of ether oxygens (including phenoxy) is 1. The van der Waals surface area contributed by atoms with Crippen LogP contribution in [0, 0.1) is 0 Å². The van der Waals surface area contributed by atoms with Crippen molar-refractivity contribution in [2.75, 3.05) is 24.3 Å². The van der Waals surface area contributed by atoms with Gasteiger partial charge in [0.15, 0.2) is 0 Å². The van der Waals surface area contributed by atoms with E-state index in [-0.39, 0.29) is 12.5 Å². The number of hydrogen-bond donors (Lipinski definition) is 2. The largest absolute Gasteiger partial charge is 0.497 e. The van der Waals surface area contributed by atoms with Gasteiger partial charge in [-0.05, 0) is 37.1 Å². The predicted molar refractivity (Wildman–Crippen MR) is 82.0 cm³/mol. The molecule has 21 heavy (non-hydrogen) atoms. The molecule has 0 unspecified atom stereocenters. The first kappa shape index (κ1) is 13.8. The van der Waals surface area contributed by atoms with E-state index in [1.165, 1.54) is 24.2 Å². The molecule has 0 aliphatic heterocycles. The van der Waals surface area contributed by atoms with E-state index >= 15 is 0 Å². The fourth-order valence-corrected chi connectivity index (χ4v) is 2.76. The van der Waals surface area contributed by atoms with Gasteiger partial charge in [0.05, 0.1) is 13.7 Å². The fraction of sp³-hybridized carbons (Fsp3) is 0.357. The van der Waals surface area contributed by atoms with E-state index in [4.69, 9.17) is 4.74 Å². The van der Waals surface area contributed by atoms with Crippen molar-refractivity contribution in [3.63, 3.8) is 0 Å². The van der Waals surface area contributed by atoms with Crippen molar-refractivity contribution in [1.29, 1.82) is 0 Å². The lowest BCUT2D eigenvalue weighted by molar-refractivity contribution is -0.114. The van der Waals surface area contributed by atoms with Crippen LogP contribution in [0.1, 0.15) is 23.8 Å². The van der Waals surface area contributed by atoms with E-state index in [1.54, 1.807) is 7.11 Å². The highest BCUT2D eigenvalue weighted by Crippen LogP contribution is 2.41. The maximum absolute atomic E-state index is 11.8. The summed E-state index contributed by atoms with van der Waals surface area (Å²) in [5.41, 5.74) is 0.863. The van der Waals surface area contributed by atoms with E-state index in [0.29, 0.717) is 11.0 Å². The van der Waals surface area contributed by atoms with Gasteiger partial charge in [-0.1, -0.05) is 11.3 Å². The van der Waals surface area contributed by atoms with Crippen LogP contribution in [0.3, 0.4) is 0 Å². The quantitative estimate of drug-likeness (QED) is 0.857. The topological polar surface area (TPSA) is 76.1 Å². The van der Waals surface area contributed by atoms with Crippen molar-refractivity contribution < 1.29 is 9.53 Å². The second kappa shape index (κ2) is 6.09. The van der Waals surface area contributed by atoms with Gasteiger partial charge in [0, 0.05) is 11.6 Å². The van der Waals surface area contributed by atoms with Crippen LogP contribution < -0.4 is 15.4 Å². The standard InChI is InChI=1S/C14H16N4O2S/c1-20-11-6-4-10(5-7-11)15-8-12(19)16-14-18-17-13(21-14)9-2-3-9/h4-7,9,15H,2-3,8H2,1H3,(H,16,18,19). The molecule has 1 saturated carbocycles. The molecule has 1 heterocycles. The summed E-state index contributed by atoms with van der Waals surface area (Å²) >= 11 is 1.46. The molecule has 6 nitrogen and oxygen atoms in total. The Morgan fingerprint density at radius 3 is 2.76 bits per heavy atom. The molecule has 1 fully saturated rings. The molecule has 2 aromatic rings. The number of amides is 1. The summed E-state index contributed by atoms with van der Waals surface area (Å²) in [7, 11) is 1.62. The summed E-state index contributed by atoms with van der Waals surface area (Å²) in [6.45, 7) is 0.185. The van der Waals surface area contributed by atoms with Crippen LogP contribution in [0.15, 0.2) is 24.3 Å². The Bertz CT molecular complexity index is 622. The van der Waals surface area contributed by atoms with Crippen molar-refractivity contribution in [1.82, 2.24) is 10.2 Å². The maximum Gasteiger partial charge on any atom is 0.245 e. The van der Waals surface area contributed by atoms with Crippen molar-refractivity contribution in [2.24, 2.45) is 0 Å². The van der Waals surface area contributed by atoms with E-state index in [1.807, 2.05) is 24.3 Å². The lowest BCUT2D eigenvalue weighted by Crippen LogP contribution is -2.21. The average Bonchev–Trinajstić information content (AvgIpc) is 3.26. The van der Waals surface area contributed by atoms with Gasteiger partial charge in [-0.15, -0.1) is 10.2 Å². The van der Waals surface area contributed by atoms with Crippen LogP contribution in [-0.2, 0) is 4.79 Å². The average molecular weight is 304 g/mol. The van der Waals surface area contributed by atoms with Crippen LogP contribution in [0.4, 0.5) is 10.8 Å². The Balaban J connectivity index is 1.48. The third-order valence-electron chi connectivity index (χ3n) is 3.16. The SMILES string of the molecule is COc1ccc(NCC(=O)Nc2nnc(C3CC3)s2)cc1. The molecule has 2 N–H and O–H groups in total. The zero-order valence-corrected chi connectivity index (χ0v) is 12.4. The van der Waals surface area contributed by atoms with E-state index < -0.39 is 0 Å². The molecule has 1 aliphatic rings. The Hall–Kier alpha value is -2.15. The molecule has 110 valence electrons. The van der Waals surface area contributed by atoms with E-state index in [2.05, 4.69) is 20.8 Å². The molecule has 0 bridgehead atoms. The van der Waals surface area contributed by atoms with Crippen LogP contribution in [0.25, 0.3) is 0 Å². The van der Waals surface area contributed by atoms with Gasteiger partial charge in [-0.25, -0.2) is 0 Å². The lowest BCUT2D eigenvalue weighted by atomic mass is 10.3. The molecule has 0 radical (unpaired) electrons. The molecule has 7 heteroatoms. The van der Waals surface area contributed by atoms with Gasteiger partial charge in [0.2, 0.25) is 11.0 Å². The number of rotatable bonds is 6. The summed E-state index contributed by atoms with van der Waals surface area (Å²) in [6, 6.07) is 7.41. The van der Waals surface area contributed by atoms with Crippen LogP contribution in [-0.4, -0.2) is 29.8 Å². The zero-order chi connectivity index (χ0) is 14.7. The number of benzene rings is 1. The highest BCUT2D eigenvalue weighted by atomic mass is 32.1. The fourth-order valence-electron chi connectivity index (χ4n) is 1.84. The molecule has 1 amide bonds. The third-order valence-corrected chi connectivity index (χ3v) is 4.16. The molecule has 0 spiro atoms. The third kappa shape index (κ3) is 3.69. The minimum Gasteiger partial charge on any atom is -0.497 e. The number of carbonyl (C=O) groups is 1. The molecule has 1 aromatic heterocycles. The lowest BCUT2D eigenvalue weighted by Gasteiger charge is -2.06.